The van der Waals surface area contributed by atoms with Gasteiger partial charge in [-0.15, -0.1) is 12.4 Å². The zero-order valence-corrected chi connectivity index (χ0v) is 12.0. The van der Waals surface area contributed by atoms with Crippen molar-refractivity contribution in [1.82, 2.24) is 15.6 Å². The van der Waals surface area contributed by atoms with Gasteiger partial charge in [-0.25, -0.2) is 4.98 Å². The van der Waals surface area contributed by atoms with Gasteiger partial charge in [0.2, 0.25) is 11.8 Å². The Morgan fingerprint density at radius 2 is 2.42 bits per heavy atom. The highest BCUT2D eigenvalue weighted by molar-refractivity contribution is 6.30. The average Bonchev–Trinajstić information content (AvgIpc) is 2.90. The van der Waals surface area contributed by atoms with Gasteiger partial charge in [-0.2, -0.15) is 0 Å². The van der Waals surface area contributed by atoms with Crippen LogP contribution in [0, 0.1) is 0 Å². The number of rotatable bonds is 5. The fourth-order valence-electron chi connectivity index (χ4n) is 1.81. The van der Waals surface area contributed by atoms with E-state index in [9.17, 15) is 4.79 Å². The number of nitrogens with one attached hydrogen (secondary N) is 2. The van der Waals surface area contributed by atoms with E-state index in [4.69, 9.17) is 16.3 Å². The van der Waals surface area contributed by atoms with E-state index in [2.05, 4.69) is 15.6 Å². The van der Waals surface area contributed by atoms with Gasteiger partial charge in [0.05, 0.1) is 17.6 Å². The van der Waals surface area contributed by atoms with Crippen LogP contribution in [0.4, 0.5) is 0 Å². The molecule has 1 saturated heterocycles. The monoisotopic (exact) mass is 305 g/mol. The van der Waals surface area contributed by atoms with Crippen LogP contribution in [-0.4, -0.2) is 36.6 Å². The van der Waals surface area contributed by atoms with Crippen molar-refractivity contribution in [2.24, 2.45) is 0 Å². The van der Waals surface area contributed by atoms with E-state index in [1.165, 1.54) is 6.20 Å². The number of pyridine rings is 1. The first kappa shape index (κ1) is 16.0. The molecule has 1 atom stereocenters. The number of ether oxygens (including phenoxy) is 1. The van der Waals surface area contributed by atoms with Crippen LogP contribution in [0.15, 0.2) is 18.3 Å². The normalized spacial score (nSPS) is 17.6. The minimum absolute atomic E-state index is 0. The van der Waals surface area contributed by atoms with Crippen molar-refractivity contribution in [3.05, 3.63) is 23.4 Å². The molecule has 5 nitrogen and oxygen atoms in total. The van der Waals surface area contributed by atoms with Crippen LogP contribution in [-0.2, 0) is 4.79 Å². The Hall–Kier alpha value is -1.04. The van der Waals surface area contributed by atoms with Crippen LogP contribution in [0.5, 0.6) is 5.88 Å². The Morgan fingerprint density at radius 1 is 1.58 bits per heavy atom. The lowest BCUT2D eigenvalue weighted by atomic mass is 10.2. The zero-order chi connectivity index (χ0) is 12.8. The number of halogens is 2. The van der Waals surface area contributed by atoms with E-state index >= 15 is 0 Å². The van der Waals surface area contributed by atoms with Crippen molar-refractivity contribution < 1.29 is 9.53 Å². The van der Waals surface area contributed by atoms with E-state index in [0.29, 0.717) is 24.1 Å². The Labute approximate surface area is 123 Å². The predicted molar refractivity (Wildman–Crippen MR) is 76.0 cm³/mol. The van der Waals surface area contributed by atoms with Crippen molar-refractivity contribution in [2.75, 3.05) is 19.7 Å². The summed E-state index contributed by atoms with van der Waals surface area (Å²) < 4.78 is 5.37. The maximum Gasteiger partial charge on any atom is 0.237 e. The molecular formula is C12H17Cl2N3O2. The number of nitrogens with zero attached hydrogens (tertiary/aromatic N) is 1. The highest BCUT2D eigenvalue weighted by Gasteiger charge is 2.21. The Morgan fingerprint density at radius 3 is 3.05 bits per heavy atom. The molecule has 0 spiro atoms. The molecule has 106 valence electrons. The quantitative estimate of drug-likeness (QED) is 0.807. The minimum atomic E-state index is -0.0429. The molecular weight excluding hydrogens is 289 g/mol. The van der Waals surface area contributed by atoms with Crippen molar-refractivity contribution in [2.45, 2.75) is 18.9 Å². The average molecular weight is 306 g/mol. The van der Waals surface area contributed by atoms with Gasteiger partial charge in [0.1, 0.15) is 6.61 Å². The molecule has 1 aromatic rings. The highest BCUT2D eigenvalue weighted by Crippen LogP contribution is 2.11. The molecule has 0 saturated carbocycles. The molecule has 1 unspecified atom stereocenters. The van der Waals surface area contributed by atoms with Gasteiger partial charge in [0.25, 0.3) is 0 Å². The van der Waals surface area contributed by atoms with Gasteiger partial charge in [-0.1, -0.05) is 11.6 Å². The number of hydrogen-bond donors (Lipinski definition) is 2. The van der Waals surface area contributed by atoms with E-state index in [1.54, 1.807) is 12.1 Å². The first-order chi connectivity index (χ1) is 8.75. The minimum Gasteiger partial charge on any atom is -0.476 e. The third-order valence-corrected chi connectivity index (χ3v) is 2.95. The van der Waals surface area contributed by atoms with Crippen LogP contribution in [0.1, 0.15) is 12.8 Å². The summed E-state index contributed by atoms with van der Waals surface area (Å²) in [6.07, 6.45) is 3.49. The number of carbonyl (C=O) groups is 1. The number of carbonyl (C=O) groups excluding carboxylic acids is 1. The molecule has 1 aliphatic heterocycles. The van der Waals surface area contributed by atoms with Crippen LogP contribution >= 0.6 is 24.0 Å². The third-order valence-electron chi connectivity index (χ3n) is 2.73. The molecule has 0 aliphatic carbocycles. The second kappa shape index (κ2) is 8.19. The first-order valence-corrected chi connectivity index (χ1v) is 6.39. The molecule has 1 fully saturated rings. The number of aromatic nitrogens is 1. The molecule has 0 radical (unpaired) electrons. The fraction of sp³-hybridized carbons (Fsp3) is 0.500. The smallest absolute Gasteiger partial charge is 0.237 e. The maximum atomic E-state index is 11.6. The molecule has 2 heterocycles. The van der Waals surface area contributed by atoms with Crippen molar-refractivity contribution in [3.63, 3.8) is 0 Å². The maximum absolute atomic E-state index is 11.6. The third kappa shape index (κ3) is 5.22. The summed E-state index contributed by atoms with van der Waals surface area (Å²) >= 11 is 5.71. The molecule has 2 N–H and O–H groups in total. The first-order valence-electron chi connectivity index (χ1n) is 6.01. The van der Waals surface area contributed by atoms with Gasteiger partial charge in [0.15, 0.2) is 0 Å². The Kier molecular flexibility index (Phi) is 6.91. The Balaban J connectivity index is 0.00000180. The van der Waals surface area contributed by atoms with Crippen LogP contribution < -0.4 is 15.4 Å². The second-order valence-electron chi connectivity index (χ2n) is 4.10. The van der Waals surface area contributed by atoms with Crippen molar-refractivity contribution in [3.8, 4) is 5.88 Å². The van der Waals surface area contributed by atoms with Gasteiger partial charge in [0, 0.05) is 12.3 Å². The van der Waals surface area contributed by atoms with E-state index in [1.807, 2.05) is 0 Å². The largest absolute Gasteiger partial charge is 0.476 e. The van der Waals surface area contributed by atoms with Crippen LogP contribution in [0.25, 0.3) is 0 Å². The molecule has 1 amide bonds. The molecule has 2 rings (SSSR count). The Bertz CT molecular complexity index is 394. The summed E-state index contributed by atoms with van der Waals surface area (Å²) in [4.78, 5) is 15.6. The summed E-state index contributed by atoms with van der Waals surface area (Å²) in [5.41, 5.74) is 0. The summed E-state index contributed by atoms with van der Waals surface area (Å²) in [5.74, 6) is 0.549. The number of amides is 1. The predicted octanol–water partition coefficient (Wildman–Crippen LogP) is 1.40. The molecule has 0 bridgehead atoms. The molecule has 19 heavy (non-hydrogen) atoms. The lowest BCUT2D eigenvalue weighted by molar-refractivity contribution is -0.122. The molecule has 1 aromatic heterocycles. The van der Waals surface area contributed by atoms with Gasteiger partial charge < -0.3 is 15.4 Å². The van der Waals surface area contributed by atoms with Gasteiger partial charge in [-0.05, 0) is 25.5 Å². The van der Waals surface area contributed by atoms with E-state index in [0.717, 1.165) is 19.4 Å². The van der Waals surface area contributed by atoms with E-state index in [-0.39, 0.29) is 24.4 Å². The SMILES string of the molecule is Cl.O=C(NCCOc1ccc(Cl)cn1)C1CCCN1. The molecule has 7 heteroatoms. The van der Waals surface area contributed by atoms with Crippen LogP contribution in [0.3, 0.4) is 0 Å². The lowest BCUT2D eigenvalue weighted by Crippen LogP contribution is -2.41. The van der Waals surface area contributed by atoms with Crippen LogP contribution in [0.2, 0.25) is 5.02 Å². The van der Waals surface area contributed by atoms with Crippen molar-refractivity contribution >= 4 is 29.9 Å². The fourth-order valence-corrected chi connectivity index (χ4v) is 1.92. The van der Waals surface area contributed by atoms with Crippen molar-refractivity contribution in [1.29, 1.82) is 0 Å². The highest BCUT2D eigenvalue weighted by atomic mass is 35.5. The van der Waals surface area contributed by atoms with Gasteiger partial charge in [-0.3, -0.25) is 4.79 Å². The lowest BCUT2D eigenvalue weighted by Gasteiger charge is -2.11. The molecule has 0 aromatic carbocycles. The summed E-state index contributed by atoms with van der Waals surface area (Å²) in [7, 11) is 0. The second-order valence-corrected chi connectivity index (χ2v) is 4.54. The van der Waals surface area contributed by atoms with E-state index < -0.39 is 0 Å². The standard InChI is InChI=1S/C12H16ClN3O2.ClH/c13-9-3-4-11(16-8-9)18-7-6-15-12(17)10-2-1-5-14-10;/h3-4,8,10,14H,1-2,5-7H2,(H,15,17);1H. The molecule has 1 aliphatic rings. The summed E-state index contributed by atoms with van der Waals surface area (Å²) in [6, 6.07) is 3.37. The topological polar surface area (TPSA) is 63.2 Å². The zero-order valence-electron chi connectivity index (χ0n) is 10.4. The summed E-state index contributed by atoms with van der Waals surface area (Å²) in [6.45, 7) is 1.79. The summed E-state index contributed by atoms with van der Waals surface area (Å²) in [5, 5.41) is 6.54. The number of hydrogen-bond acceptors (Lipinski definition) is 4. The van der Waals surface area contributed by atoms with Gasteiger partial charge >= 0.3 is 0 Å².